The molecule has 0 heterocycles. The van der Waals surface area contributed by atoms with E-state index in [-0.39, 0.29) is 11.8 Å². The molecule has 1 amide bonds. The zero-order chi connectivity index (χ0) is 12.8. The van der Waals surface area contributed by atoms with Crippen LogP contribution in [0.3, 0.4) is 0 Å². The van der Waals surface area contributed by atoms with Crippen LogP contribution in [0, 0.1) is 5.92 Å². The number of amides is 1. The van der Waals surface area contributed by atoms with Crippen LogP contribution in [0.5, 0.6) is 0 Å². The Morgan fingerprint density at radius 1 is 1.53 bits per heavy atom. The van der Waals surface area contributed by atoms with Crippen molar-refractivity contribution in [1.29, 1.82) is 0 Å². The fraction of sp³-hybridized carbons (Fsp3) is 0.462. The van der Waals surface area contributed by atoms with Gasteiger partial charge in [-0.15, -0.1) is 0 Å². The second kappa shape index (κ2) is 6.77. The van der Waals surface area contributed by atoms with Crippen molar-refractivity contribution in [2.45, 2.75) is 20.4 Å². The molecule has 0 aliphatic carbocycles. The van der Waals surface area contributed by atoms with E-state index >= 15 is 0 Å². The monoisotopic (exact) mass is 298 g/mol. The summed E-state index contributed by atoms with van der Waals surface area (Å²) in [5.41, 5.74) is 6.65. The molecule has 0 aromatic heterocycles. The summed E-state index contributed by atoms with van der Waals surface area (Å²) in [6, 6.07) is 8.01. The van der Waals surface area contributed by atoms with E-state index < -0.39 is 0 Å². The van der Waals surface area contributed by atoms with E-state index in [1.165, 1.54) is 0 Å². The fourth-order valence-corrected chi connectivity index (χ4v) is 2.06. The molecule has 0 bridgehead atoms. The normalized spacial score (nSPS) is 12.2. The van der Waals surface area contributed by atoms with Crippen molar-refractivity contribution in [1.82, 2.24) is 4.90 Å². The molecular formula is C13H19BrN2O. The Kier molecular flexibility index (Phi) is 5.65. The number of carbonyl (C=O) groups is 1. The number of rotatable bonds is 5. The van der Waals surface area contributed by atoms with Gasteiger partial charge in [0.1, 0.15) is 0 Å². The first-order valence-corrected chi connectivity index (χ1v) is 6.61. The molecule has 0 saturated carbocycles. The summed E-state index contributed by atoms with van der Waals surface area (Å²) in [5.74, 6) is 0.0112. The van der Waals surface area contributed by atoms with Crippen LogP contribution in [0.2, 0.25) is 0 Å². The summed E-state index contributed by atoms with van der Waals surface area (Å²) in [7, 11) is 0. The molecule has 1 aromatic rings. The van der Waals surface area contributed by atoms with Crippen molar-refractivity contribution >= 4 is 21.8 Å². The number of carbonyl (C=O) groups excluding carboxylic acids is 1. The average Bonchev–Trinajstić information content (AvgIpc) is 2.34. The Hall–Kier alpha value is -0.870. The predicted octanol–water partition coefficient (Wildman–Crippen LogP) is 2.39. The summed E-state index contributed by atoms with van der Waals surface area (Å²) in [5, 5.41) is 0. The van der Waals surface area contributed by atoms with Gasteiger partial charge in [-0.25, -0.2) is 0 Å². The van der Waals surface area contributed by atoms with Crippen molar-refractivity contribution in [2.24, 2.45) is 11.7 Å². The highest BCUT2D eigenvalue weighted by atomic mass is 79.9. The molecule has 0 saturated heterocycles. The minimum Gasteiger partial charge on any atom is -0.338 e. The number of hydrogen-bond donors (Lipinski definition) is 1. The van der Waals surface area contributed by atoms with Crippen LogP contribution in [0.25, 0.3) is 0 Å². The molecule has 1 rings (SSSR count). The Morgan fingerprint density at radius 2 is 2.24 bits per heavy atom. The van der Waals surface area contributed by atoms with E-state index in [1.807, 2.05) is 43.0 Å². The van der Waals surface area contributed by atoms with Crippen LogP contribution in [0.4, 0.5) is 0 Å². The summed E-state index contributed by atoms with van der Waals surface area (Å²) in [4.78, 5) is 13.9. The molecule has 3 nitrogen and oxygen atoms in total. The summed E-state index contributed by atoms with van der Waals surface area (Å²) < 4.78 is 1.03. The van der Waals surface area contributed by atoms with Crippen LogP contribution in [-0.2, 0) is 11.3 Å². The first kappa shape index (κ1) is 14.2. The zero-order valence-corrected chi connectivity index (χ0v) is 11.9. The first-order valence-electron chi connectivity index (χ1n) is 5.81. The van der Waals surface area contributed by atoms with Gasteiger partial charge >= 0.3 is 0 Å². The lowest BCUT2D eigenvalue weighted by Gasteiger charge is -2.24. The molecule has 94 valence electrons. The molecule has 1 aromatic carbocycles. The highest BCUT2D eigenvalue weighted by Crippen LogP contribution is 2.14. The highest BCUT2D eigenvalue weighted by molar-refractivity contribution is 9.10. The van der Waals surface area contributed by atoms with Crippen LogP contribution in [-0.4, -0.2) is 23.9 Å². The third-order valence-electron chi connectivity index (χ3n) is 2.73. The summed E-state index contributed by atoms with van der Waals surface area (Å²) >= 11 is 3.43. The standard InChI is InChI=1S/C13H19BrN2O/c1-3-16(13(17)10(2)8-15)9-11-5-4-6-12(14)7-11/h4-7,10H,3,8-9,15H2,1-2H3. The molecule has 0 radical (unpaired) electrons. The van der Waals surface area contributed by atoms with Crippen molar-refractivity contribution in [2.75, 3.05) is 13.1 Å². The second-order valence-electron chi connectivity index (χ2n) is 4.12. The third kappa shape index (κ3) is 4.13. The minimum absolute atomic E-state index is 0.109. The third-order valence-corrected chi connectivity index (χ3v) is 3.22. The smallest absolute Gasteiger partial charge is 0.226 e. The van der Waals surface area contributed by atoms with E-state index in [0.29, 0.717) is 19.6 Å². The molecule has 0 fully saturated rings. The van der Waals surface area contributed by atoms with E-state index in [4.69, 9.17) is 5.73 Å². The zero-order valence-electron chi connectivity index (χ0n) is 10.3. The van der Waals surface area contributed by atoms with E-state index in [9.17, 15) is 4.79 Å². The van der Waals surface area contributed by atoms with Gasteiger partial charge in [-0.2, -0.15) is 0 Å². The van der Waals surface area contributed by atoms with Gasteiger partial charge in [0.2, 0.25) is 5.91 Å². The van der Waals surface area contributed by atoms with Crippen molar-refractivity contribution < 1.29 is 4.79 Å². The van der Waals surface area contributed by atoms with Gasteiger partial charge in [-0.05, 0) is 24.6 Å². The van der Waals surface area contributed by atoms with Gasteiger partial charge in [0.05, 0.1) is 0 Å². The van der Waals surface area contributed by atoms with Gasteiger partial charge in [0.15, 0.2) is 0 Å². The maximum atomic E-state index is 12.0. The van der Waals surface area contributed by atoms with Crippen molar-refractivity contribution in [3.05, 3.63) is 34.3 Å². The van der Waals surface area contributed by atoms with Crippen LogP contribution < -0.4 is 5.73 Å². The molecule has 0 spiro atoms. The highest BCUT2D eigenvalue weighted by Gasteiger charge is 2.17. The maximum absolute atomic E-state index is 12.0. The maximum Gasteiger partial charge on any atom is 0.226 e. The second-order valence-corrected chi connectivity index (χ2v) is 5.03. The fourth-order valence-electron chi connectivity index (χ4n) is 1.61. The Balaban J connectivity index is 2.73. The lowest BCUT2D eigenvalue weighted by atomic mass is 10.1. The van der Waals surface area contributed by atoms with Gasteiger partial charge in [0.25, 0.3) is 0 Å². The quantitative estimate of drug-likeness (QED) is 0.907. The number of benzene rings is 1. The first-order chi connectivity index (χ1) is 8.08. The summed E-state index contributed by atoms with van der Waals surface area (Å²) in [6.45, 7) is 5.59. The summed E-state index contributed by atoms with van der Waals surface area (Å²) in [6.07, 6.45) is 0. The SMILES string of the molecule is CCN(Cc1cccc(Br)c1)C(=O)C(C)CN. The largest absolute Gasteiger partial charge is 0.338 e. The van der Waals surface area contributed by atoms with E-state index in [2.05, 4.69) is 15.9 Å². The van der Waals surface area contributed by atoms with E-state index in [0.717, 1.165) is 10.0 Å². The predicted molar refractivity (Wildman–Crippen MR) is 73.5 cm³/mol. The molecule has 1 atom stereocenters. The molecular weight excluding hydrogens is 280 g/mol. The molecule has 2 N–H and O–H groups in total. The van der Waals surface area contributed by atoms with Gasteiger partial charge in [-0.3, -0.25) is 4.79 Å². The van der Waals surface area contributed by atoms with Crippen molar-refractivity contribution in [3.63, 3.8) is 0 Å². The van der Waals surface area contributed by atoms with Crippen LogP contribution >= 0.6 is 15.9 Å². The molecule has 17 heavy (non-hydrogen) atoms. The molecule has 4 heteroatoms. The Morgan fingerprint density at radius 3 is 2.76 bits per heavy atom. The van der Waals surface area contributed by atoms with Gasteiger partial charge < -0.3 is 10.6 Å². The topological polar surface area (TPSA) is 46.3 Å². The number of halogens is 1. The van der Waals surface area contributed by atoms with Crippen LogP contribution in [0.15, 0.2) is 28.7 Å². The Bertz CT molecular complexity index is 381. The Labute approximate surface area is 111 Å². The lowest BCUT2D eigenvalue weighted by molar-refractivity contribution is -0.135. The van der Waals surface area contributed by atoms with Crippen molar-refractivity contribution in [3.8, 4) is 0 Å². The van der Waals surface area contributed by atoms with Crippen LogP contribution in [0.1, 0.15) is 19.4 Å². The number of hydrogen-bond acceptors (Lipinski definition) is 2. The number of nitrogens with zero attached hydrogens (tertiary/aromatic N) is 1. The lowest BCUT2D eigenvalue weighted by Crippen LogP contribution is -2.37. The van der Waals surface area contributed by atoms with E-state index in [1.54, 1.807) is 0 Å². The molecule has 0 aliphatic heterocycles. The minimum atomic E-state index is -0.109. The number of nitrogens with two attached hydrogens (primary N) is 1. The molecule has 0 aliphatic rings. The van der Waals surface area contributed by atoms with Gasteiger partial charge in [-0.1, -0.05) is 35.0 Å². The molecule has 1 unspecified atom stereocenters. The van der Waals surface area contributed by atoms with Gasteiger partial charge in [0, 0.05) is 30.0 Å². The average molecular weight is 299 g/mol.